The number of carbonyl (C=O) groups excluding carboxylic acids is 1. The van der Waals surface area contributed by atoms with E-state index in [1.807, 2.05) is 41.3 Å². The van der Waals surface area contributed by atoms with Gasteiger partial charge in [-0.2, -0.15) is 0 Å². The molecule has 0 aliphatic carbocycles. The molecule has 0 bridgehead atoms. The quantitative estimate of drug-likeness (QED) is 0.524. The lowest BCUT2D eigenvalue weighted by atomic mass is 10.1. The Morgan fingerprint density at radius 2 is 1.92 bits per heavy atom. The molecule has 5 nitrogen and oxygen atoms in total. The SMILES string of the molecule is O=C(CSc1nc(-c2ccco2)nc2ccccc12)N1CCCCC1. The fourth-order valence-electron chi connectivity index (χ4n) is 3.04. The van der Waals surface area contributed by atoms with E-state index in [1.54, 1.807) is 6.26 Å². The summed E-state index contributed by atoms with van der Waals surface area (Å²) in [4.78, 5) is 23.7. The van der Waals surface area contributed by atoms with E-state index in [0.29, 0.717) is 17.3 Å². The molecule has 1 amide bonds. The summed E-state index contributed by atoms with van der Waals surface area (Å²) in [6.45, 7) is 1.75. The molecule has 1 aliphatic heterocycles. The highest BCUT2D eigenvalue weighted by atomic mass is 32.2. The van der Waals surface area contributed by atoms with Crippen LogP contribution in [0.5, 0.6) is 0 Å². The number of fused-ring (bicyclic) bond motifs is 1. The third-order valence-corrected chi connectivity index (χ3v) is 5.33. The number of hydrogen-bond donors (Lipinski definition) is 0. The molecule has 1 fully saturated rings. The van der Waals surface area contributed by atoms with E-state index >= 15 is 0 Å². The highest BCUT2D eigenvalue weighted by molar-refractivity contribution is 8.00. The first-order valence-corrected chi connectivity index (χ1v) is 9.51. The number of rotatable bonds is 4. The molecular weight excluding hydrogens is 334 g/mol. The molecule has 1 aliphatic rings. The van der Waals surface area contributed by atoms with Crippen molar-refractivity contribution >= 4 is 28.6 Å². The van der Waals surface area contributed by atoms with Gasteiger partial charge >= 0.3 is 0 Å². The van der Waals surface area contributed by atoms with Crippen molar-refractivity contribution in [1.29, 1.82) is 0 Å². The van der Waals surface area contributed by atoms with Gasteiger partial charge in [-0.3, -0.25) is 4.79 Å². The largest absolute Gasteiger partial charge is 0.461 e. The van der Waals surface area contributed by atoms with E-state index in [9.17, 15) is 4.79 Å². The van der Waals surface area contributed by atoms with Gasteiger partial charge in [0.1, 0.15) is 5.03 Å². The van der Waals surface area contributed by atoms with Gasteiger partial charge in [0.25, 0.3) is 0 Å². The Morgan fingerprint density at radius 3 is 2.72 bits per heavy atom. The Balaban J connectivity index is 1.60. The molecule has 6 heteroatoms. The summed E-state index contributed by atoms with van der Waals surface area (Å²) in [6, 6.07) is 11.5. The molecule has 0 spiro atoms. The summed E-state index contributed by atoms with van der Waals surface area (Å²) >= 11 is 1.48. The molecule has 128 valence electrons. The van der Waals surface area contributed by atoms with Crippen LogP contribution in [0.3, 0.4) is 0 Å². The van der Waals surface area contributed by atoms with Crippen LogP contribution in [0.15, 0.2) is 52.1 Å². The van der Waals surface area contributed by atoms with Gasteiger partial charge in [-0.05, 0) is 37.5 Å². The van der Waals surface area contributed by atoms with E-state index in [1.165, 1.54) is 18.2 Å². The Kier molecular flexibility index (Phi) is 4.70. The number of para-hydroxylation sites is 1. The van der Waals surface area contributed by atoms with Gasteiger partial charge in [-0.15, -0.1) is 0 Å². The van der Waals surface area contributed by atoms with Crippen molar-refractivity contribution in [1.82, 2.24) is 14.9 Å². The van der Waals surface area contributed by atoms with E-state index in [0.717, 1.165) is 41.9 Å². The van der Waals surface area contributed by atoms with E-state index in [4.69, 9.17) is 4.42 Å². The van der Waals surface area contributed by atoms with E-state index in [2.05, 4.69) is 9.97 Å². The second-order valence-corrected chi connectivity index (χ2v) is 7.04. The predicted octanol–water partition coefficient (Wildman–Crippen LogP) is 3.99. The van der Waals surface area contributed by atoms with Gasteiger partial charge in [0.2, 0.25) is 5.91 Å². The average Bonchev–Trinajstić information content (AvgIpc) is 3.21. The fourth-order valence-corrected chi connectivity index (χ4v) is 3.96. The molecule has 0 N–H and O–H groups in total. The zero-order valence-electron chi connectivity index (χ0n) is 13.9. The molecule has 0 radical (unpaired) electrons. The molecular formula is C19H19N3O2S. The predicted molar refractivity (Wildman–Crippen MR) is 98.4 cm³/mol. The molecule has 1 aromatic carbocycles. The highest BCUT2D eigenvalue weighted by Crippen LogP contribution is 2.29. The first-order valence-electron chi connectivity index (χ1n) is 8.52. The zero-order chi connectivity index (χ0) is 17.1. The van der Waals surface area contributed by atoms with E-state index in [-0.39, 0.29) is 5.91 Å². The third kappa shape index (κ3) is 3.54. The molecule has 25 heavy (non-hydrogen) atoms. The summed E-state index contributed by atoms with van der Waals surface area (Å²) in [6.07, 6.45) is 5.05. The van der Waals surface area contributed by atoms with Gasteiger partial charge in [0, 0.05) is 18.5 Å². The molecule has 2 aromatic heterocycles. The molecule has 0 atom stereocenters. The van der Waals surface area contributed by atoms with Gasteiger partial charge in [0.15, 0.2) is 11.6 Å². The van der Waals surface area contributed by atoms with Crippen molar-refractivity contribution in [3.8, 4) is 11.6 Å². The minimum absolute atomic E-state index is 0.187. The van der Waals surface area contributed by atoms with Crippen molar-refractivity contribution < 1.29 is 9.21 Å². The summed E-state index contributed by atoms with van der Waals surface area (Å²) in [5.74, 6) is 1.78. The Morgan fingerprint density at radius 1 is 1.08 bits per heavy atom. The van der Waals surface area contributed by atoms with Crippen molar-refractivity contribution in [2.75, 3.05) is 18.8 Å². The van der Waals surface area contributed by atoms with Crippen LogP contribution >= 0.6 is 11.8 Å². The Labute approximate surface area is 150 Å². The second-order valence-electron chi connectivity index (χ2n) is 6.08. The standard InChI is InChI=1S/C19H19N3O2S/c23-17(22-10-4-1-5-11-22)13-25-19-14-7-2-3-8-15(14)20-18(21-19)16-9-6-12-24-16/h2-3,6-9,12H,1,4-5,10-11,13H2. The van der Waals surface area contributed by atoms with Crippen molar-refractivity contribution in [2.24, 2.45) is 0 Å². The number of carbonyl (C=O) groups is 1. The third-order valence-electron chi connectivity index (χ3n) is 4.35. The molecule has 0 saturated carbocycles. The van der Waals surface area contributed by atoms with Crippen molar-refractivity contribution in [3.63, 3.8) is 0 Å². The molecule has 3 heterocycles. The topological polar surface area (TPSA) is 59.2 Å². The van der Waals surface area contributed by atoms with Crippen LogP contribution in [0.25, 0.3) is 22.5 Å². The lowest BCUT2D eigenvalue weighted by Crippen LogP contribution is -2.36. The van der Waals surface area contributed by atoms with Crippen LogP contribution in [0.2, 0.25) is 0 Å². The minimum Gasteiger partial charge on any atom is -0.461 e. The summed E-state index contributed by atoms with van der Waals surface area (Å²) in [5, 5.41) is 1.79. The summed E-state index contributed by atoms with van der Waals surface area (Å²) in [7, 11) is 0. The van der Waals surface area contributed by atoms with Gasteiger partial charge in [0.05, 0.1) is 17.5 Å². The average molecular weight is 353 g/mol. The van der Waals surface area contributed by atoms with Crippen LogP contribution < -0.4 is 0 Å². The van der Waals surface area contributed by atoms with E-state index < -0.39 is 0 Å². The number of likely N-dealkylation sites (tertiary alicyclic amines) is 1. The van der Waals surface area contributed by atoms with Crippen LogP contribution in [-0.2, 0) is 4.79 Å². The maximum Gasteiger partial charge on any atom is 0.232 e. The van der Waals surface area contributed by atoms with Crippen LogP contribution in [0.1, 0.15) is 19.3 Å². The number of aromatic nitrogens is 2. The maximum atomic E-state index is 12.5. The molecule has 3 aromatic rings. The van der Waals surface area contributed by atoms with Crippen LogP contribution in [0, 0.1) is 0 Å². The molecule has 4 rings (SSSR count). The number of nitrogens with zero attached hydrogens (tertiary/aromatic N) is 3. The lowest BCUT2D eigenvalue weighted by molar-refractivity contribution is -0.129. The van der Waals surface area contributed by atoms with Gasteiger partial charge < -0.3 is 9.32 Å². The Hall–Kier alpha value is -2.34. The van der Waals surface area contributed by atoms with Crippen LogP contribution in [-0.4, -0.2) is 39.6 Å². The highest BCUT2D eigenvalue weighted by Gasteiger charge is 2.18. The fraction of sp³-hybridized carbons (Fsp3) is 0.316. The maximum absolute atomic E-state index is 12.5. The van der Waals surface area contributed by atoms with Crippen molar-refractivity contribution in [2.45, 2.75) is 24.3 Å². The first-order chi connectivity index (χ1) is 12.3. The lowest BCUT2D eigenvalue weighted by Gasteiger charge is -2.26. The smallest absolute Gasteiger partial charge is 0.232 e. The number of hydrogen-bond acceptors (Lipinski definition) is 5. The number of benzene rings is 1. The van der Waals surface area contributed by atoms with Gasteiger partial charge in [-0.1, -0.05) is 30.0 Å². The number of piperidine rings is 1. The summed E-state index contributed by atoms with van der Waals surface area (Å²) in [5.41, 5.74) is 0.858. The zero-order valence-corrected chi connectivity index (χ0v) is 14.7. The normalized spacial score (nSPS) is 14.8. The first kappa shape index (κ1) is 16.1. The number of furan rings is 1. The Bertz CT molecular complexity index is 874. The minimum atomic E-state index is 0.187. The number of amides is 1. The van der Waals surface area contributed by atoms with Crippen molar-refractivity contribution in [3.05, 3.63) is 42.7 Å². The van der Waals surface area contributed by atoms with Crippen LogP contribution in [0.4, 0.5) is 0 Å². The summed E-state index contributed by atoms with van der Waals surface area (Å²) < 4.78 is 5.43. The molecule has 1 saturated heterocycles. The number of thioether (sulfide) groups is 1. The monoisotopic (exact) mass is 353 g/mol. The molecule has 0 unspecified atom stereocenters. The van der Waals surface area contributed by atoms with Gasteiger partial charge in [-0.25, -0.2) is 9.97 Å². The second kappa shape index (κ2) is 7.27.